The molecule has 1 aliphatic heterocycles. The Bertz CT molecular complexity index is 479. The number of benzene rings is 1. The minimum Gasteiger partial charge on any atom is -0.335 e. The summed E-state index contributed by atoms with van der Waals surface area (Å²) in [5, 5.41) is 3.28. The summed E-state index contributed by atoms with van der Waals surface area (Å²) in [4.78, 5) is 14.4. The molecule has 0 atom stereocenters. The Morgan fingerprint density at radius 2 is 2.10 bits per heavy atom. The van der Waals surface area contributed by atoms with E-state index < -0.39 is 5.82 Å². The number of piperidine rings is 1. The van der Waals surface area contributed by atoms with Crippen molar-refractivity contribution in [1.29, 1.82) is 0 Å². The number of hydrogen-bond acceptors (Lipinski definition) is 2. The van der Waals surface area contributed by atoms with E-state index in [0.717, 1.165) is 32.4 Å². The van der Waals surface area contributed by atoms with Gasteiger partial charge < -0.3 is 10.2 Å². The summed E-state index contributed by atoms with van der Waals surface area (Å²) in [7, 11) is 0. The zero-order chi connectivity index (χ0) is 14.5. The van der Waals surface area contributed by atoms with E-state index in [1.165, 1.54) is 12.1 Å². The SMILES string of the molecule is CCCN(C(=O)c1cccc(Cl)c1F)C1CCNCC1.Cl. The van der Waals surface area contributed by atoms with E-state index in [1.54, 1.807) is 11.0 Å². The van der Waals surface area contributed by atoms with Gasteiger partial charge in [0.15, 0.2) is 5.82 Å². The van der Waals surface area contributed by atoms with E-state index in [-0.39, 0.29) is 34.9 Å². The second-order valence-corrected chi connectivity index (χ2v) is 5.49. The first kappa shape index (κ1) is 18.2. The van der Waals surface area contributed by atoms with E-state index in [4.69, 9.17) is 11.6 Å². The Morgan fingerprint density at radius 3 is 2.71 bits per heavy atom. The van der Waals surface area contributed by atoms with Crippen molar-refractivity contribution >= 4 is 29.9 Å². The third-order valence-corrected chi connectivity index (χ3v) is 3.95. The summed E-state index contributed by atoms with van der Waals surface area (Å²) in [6.45, 7) is 4.47. The third kappa shape index (κ3) is 4.31. The predicted molar refractivity (Wildman–Crippen MR) is 85.9 cm³/mol. The minimum atomic E-state index is -0.616. The highest BCUT2D eigenvalue weighted by molar-refractivity contribution is 6.31. The number of halogens is 3. The van der Waals surface area contributed by atoms with Gasteiger partial charge in [-0.1, -0.05) is 24.6 Å². The second kappa shape index (κ2) is 8.57. The fourth-order valence-electron chi connectivity index (χ4n) is 2.63. The zero-order valence-electron chi connectivity index (χ0n) is 12.1. The molecule has 0 bridgehead atoms. The maximum absolute atomic E-state index is 14.0. The normalized spacial score (nSPS) is 15.4. The van der Waals surface area contributed by atoms with Crippen LogP contribution >= 0.6 is 24.0 Å². The van der Waals surface area contributed by atoms with Crippen LogP contribution in [0.4, 0.5) is 4.39 Å². The van der Waals surface area contributed by atoms with E-state index in [2.05, 4.69) is 5.32 Å². The first-order chi connectivity index (χ1) is 9.65. The van der Waals surface area contributed by atoms with E-state index >= 15 is 0 Å². The van der Waals surface area contributed by atoms with Crippen molar-refractivity contribution in [2.45, 2.75) is 32.2 Å². The van der Waals surface area contributed by atoms with Gasteiger partial charge in [0, 0.05) is 12.6 Å². The number of hydrogen-bond donors (Lipinski definition) is 1. The van der Waals surface area contributed by atoms with Crippen LogP contribution in [0.5, 0.6) is 0 Å². The van der Waals surface area contributed by atoms with Gasteiger partial charge in [0.2, 0.25) is 0 Å². The van der Waals surface area contributed by atoms with Crippen LogP contribution < -0.4 is 5.32 Å². The van der Waals surface area contributed by atoms with Crippen LogP contribution in [0.2, 0.25) is 5.02 Å². The van der Waals surface area contributed by atoms with Crippen LogP contribution in [0.25, 0.3) is 0 Å². The van der Waals surface area contributed by atoms with Crippen LogP contribution in [-0.2, 0) is 0 Å². The van der Waals surface area contributed by atoms with Crippen molar-refractivity contribution in [3.05, 3.63) is 34.6 Å². The van der Waals surface area contributed by atoms with Crippen molar-refractivity contribution in [3.8, 4) is 0 Å². The molecule has 1 aromatic carbocycles. The van der Waals surface area contributed by atoms with Crippen molar-refractivity contribution in [2.75, 3.05) is 19.6 Å². The summed E-state index contributed by atoms with van der Waals surface area (Å²) in [6.07, 6.45) is 2.68. The molecule has 1 saturated heterocycles. The minimum absolute atomic E-state index is 0. The van der Waals surface area contributed by atoms with Crippen molar-refractivity contribution in [2.24, 2.45) is 0 Å². The van der Waals surface area contributed by atoms with Gasteiger partial charge in [0.05, 0.1) is 10.6 Å². The van der Waals surface area contributed by atoms with E-state index in [0.29, 0.717) is 6.54 Å². The summed E-state index contributed by atoms with van der Waals surface area (Å²) >= 11 is 5.77. The molecule has 1 amide bonds. The van der Waals surface area contributed by atoms with Gasteiger partial charge in [-0.15, -0.1) is 12.4 Å². The molecular formula is C15H21Cl2FN2O. The van der Waals surface area contributed by atoms with Crippen LogP contribution in [-0.4, -0.2) is 36.5 Å². The van der Waals surface area contributed by atoms with Gasteiger partial charge >= 0.3 is 0 Å². The fourth-order valence-corrected chi connectivity index (χ4v) is 2.81. The first-order valence-corrected chi connectivity index (χ1v) is 7.48. The highest BCUT2D eigenvalue weighted by atomic mass is 35.5. The highest BCUT2D eigenvalue weighted by Gasteiger charge is 2.27. The number of carbonyl (C=O) groups excluding carboxylic acids is 1. The lowest BCUT2D eigenvalue weighted by Gasteiger charge is -2.34. The summed E-state index contributed by atoms with van der Waals surface area (Å²) in [5.74, 6) is -0.868. The quantitative estimate of drug-likeness (QED) is 0.913. The topological polar surface area (TPSA) is 32.3 Å². The molecule has 0 spiro atoms. The molecule has 0 aromatic heterocycles. The van der Waals surface area contributed by atoms with Gasteiger partial charge in [0.1, 0.15) is 0 Å². The zero-order valence-corrected chi connectivity index (χ0v) is 13.6. The van der Waals surface area contributed by atoms with Crippen LogP contribution in [0, 0.1) is 5.82 Å². The number of nitrogens with one attached hydrogen (secondary N) is 1. The van der Waals surface area contributed by atoms with E-state index in [9.17, 15) is 9.18 Å². The van der Waals surface area contributed by atoms with Gasteiger partial charge in [-0.05, 0) is 44.5 Å². The molecule has 3 nitrogen and oxygen atoms in total. The summed E-state index contributed by atoms with van der Waals surface area (Å²) < 4.78 is 14.0. The average molecular weight is 335 g/mol. The molecule has 6 heteroatoms. The molecule has 0 unspecified atom stereocenters. The maximum atomic E-state index is 14.0. The highest BCUT2D eigenvalue weighted by Crippen LogP contribution is 2.22. The van der Waals surface area contributed by atoms with Gasteiger partial charge in [-0.25, -0.2) is 4.39 Å². The fraction of sp³-hybridized carbons (Fsp3) is 0.533. The van der Waals surface area contributed by atoms with Gasteiger partial charge in [-0.2, -0.15) is 0 Å². The summed E-state index contributed by atoms with van der Waals surface area (Å²) in [6, 6.07) is 4.77. The molecule has 1 N–H and O–H groups in total. The molecule has 21 heavy (non-hydrogen) atoms. The standard InChI is InChI=1S/C15H20ClFN2O.ClH/c1-2-10-19(11-6-8-18-9-7-11)15(20)12-4-3-5-13(16)14(12)17;/h3-5,11,18H,2,6-10H2,1H3;1H. The molecule has 2 rings (SSSR count). The second-order valence-electron chi connectivity index (χ2n) is 5.08. The molecule has 1 fully saturated rings. The monoisotopic (exact) mass is 334 g/mol. The third-order valence-electron chi connectivity index (χ3n) is 3.66. The number of amides is 1. The number of nitrogens with zero attached hydrogens (tertiary/aromatic N) is 1. The van der Waals surface area contributed by atoms with Crippen molar-refractivity contribution in [1.82, 2.24) is 10.2 Å². The number of carbonyl (C=O) groups is 1. The molecule has 0 saturated carbocycles. The Kier molecular flexibility index (Phi) is 7.43. The molecule has 0 aliphatic carbocycles. The lowest BCUT2D eigenvalue weighted by molar-refractivity contribution is 0.0638. The van der Waals surface area contributed by atoms with Crippen LogP contribution in [0.1, 0.15) is 36.5 Å². The largest absolute Gasteiger partial charge is 0.335 e. The van der Waals surface area contributed by atoms with E-state index in [1.807, 2.05) is 6.92 Å². The molecule has 118 valence electrons. The Morgan fingerprint density at radius 1 is 1.43 bits per heavy atom. The Balaban J connectivity index is 0.00000220. The predicted octanol–water partition coefficient (Wildman–Crippen LogP) is 3.51. The maximum Gasteiger partial charge on any atom is 0.257 e. The smallest absolute Gasteiger partial charge is 0.257 e. The molecular weight excluding hydrogens is 314 g/mol. The van der Waals surface area contributed by atoms with Crippen LogP contribution in [0.15, 0.2) is 18.2 Å². The lowest BCUT2D eigenvalue weighted by atomic mass is 10.0. The Labute approximate surface area is 136 Å². The number of rotatable bonds is 4. The average Bonchev–Trinajstić information content (AvgIpc) is 2.48. The summed E-state index contributed by atoms with van der Waals surface area (Å²) in [5.41, 5.74) is 0.0736. The van der Waals surface area contributed by atoms with Crippen molar-refractivity contribution in [3.63, 3.8) is 0 Å². The van der Waals surface area contributed by atoms with Gasteiger partial charge in [0.25, 0.3) is 5.91 Å². The lowest BCUT2D eigenvalue weighted by Crippen LogP contribution is -2.46. The Hall–Kier alpha value is -0.840. The van der Waals surface area contributed by atoms with Gasteiger partial charge in [-0.3, -0.25) is 4.79 Å². The molecule has 1 aliphatic rings. The molecule has 1 aromatic rings. The molecule has 1 heterocycles. The molecule has 0 radical (unpaired) electrons. The van der Waals surface area contributed by atoms with Crippen molar-refractivity contribution < 1.29 is 9.18 Å². The van der Waals surface area contributed by atoms with Crippen LogP contribution in [0.3, 0.4) is 0 Å². The first-order valence-electron chi connectivity index (χ1n) is 7.10.